The second-order valence-corrected chi connectivity index (χ2v) is 10.6. The lowest BCUT2D eigenvalue weighted by atomic mass is 9.77. The second kappa shape index (κ2) is 8.40. The number of ether oxygens (including phenoxy) is 1. The van der Waals surface area contributed by atoms with E-state index < -0.39 is 53.6 Å². The Balaban J connectivity index is 1.80. The highest BCUT2D eigenvalue weighted by Crippen LogP contribution is 2.37. The molecule has 1 aromatic carbocycles. The lowest BCUT2D eigenvalue weighted by Crippen LogP contribution is -2.45. The molecule has 1 aromatic rings. The first-order valence-corrected chi connectivity index (χ1v) is 11.0. The highest BCUT2D eigenvalue weighted by Gasteiger charge is 2.53. The Kier molecular flexibility index (Phi) is 6.41. The number of carbonyl (C=O) groups is 3. The molecule has 0 aliphatic carbocycles. The fourth-order valence-electron chi connectivity index (χ4n) is 3.88. The second-order valence-electron chi connectivity index (χ2n) is 10.6. The van der Waals surface area contributed by atoms with Crippen LogP contribution in [0.1, 0.15) is 77.2 Å². The van der Waals surface area contributed by atoms with Crippen molar-refractivity contribution in [3.8, 4) is 0 Å². The van der Waals surface area contributed by atoms with Gasteiger partial charge in [-0.15, -0.1) is 0 Å². The van der Waals surface area contributed by atoms with Crippen molar-refractivity contribution >= 4 is 30.4 Å². The molecular formula is C23H32BFN2O6. The number of hydrogen-bond donors (Lipinski definition) is 1. The van der Waals surface area contributed by atoms with Crippen LogP contribution in [0.2, 0.25) is 0 Å². The van der Waals surface area contributed by atoms with Gasteiger partial charge in [0, 0.05) is 24.0 Å². The van der Waals surface area contributed by atoms with Crippen LogP contribution in [0.5, 0.6) is 0 Å². The van der Waals surface area contributed by atoms with Crippen LogP contribution in [-0.4, -0.2) is 52.6 Å². The molecule has 3 rings (SSSR count). The van der Waals surface area contributed by atoms with Gasteiger partial charge in [0.2, 0.25) is 5.91 Å². The van der Waals surface area contributed by atoms with Gasteiger partial charge < -0.3 is 24.7 Å². The van der Waals surface area contributed by atoms with Crippen LogP contribution in [0.15, 0.2) is 12.1 Å². The number of fused-ring (bicyclic) bond motifs is 1. The van der Waals surface area contributed by atoms with E-state index in [1.807, 2.05) is 27.7 Å². The summed E-state index contributed by atoms with van der Waals surface area (Å²) in [6, 6.07) is 1.65. The summed E-state index contributed by atoms with van der Waals surface area (Å²) >= 11 is 0. The number of amides is 2. The van der Waals surface area contributed by atoms with Gasteiger partial charge in [0.1, 0.15) is 17.5 Å². The van der Waals surface area contributed by atoms with Crippen LogP contribution in [-0.2, 0) is 30.2 Å². The Labute approximate surface area is 194 Å². The van der Waals surface area contributed by atoms with Gasteiger partial charge in [-0.2, -0.15) is 0 Å². The van der Waals surface area contributed by atoms with Gasteiger partial charge in [-0.25, -0.2) is 4.39 Å². The summed E-state index contributed by atoms with van der Waals surface area (Å²) in [6.45, 7) is 12.7. The number of benzene rings is 1. The molecule has 2 amide bonds. The molecule has 33 heavy (non-hydrogen) atoms. The van der Waals surface area contributed by atoms with Crippen molar-refractivity contribution in [1.29, 1.82) is 0 Å². The third kappa shape index (κ3) is 5.06. The van der Waals surface area contributed by atoms with Crippen LogP contribution in [0.25, 0.3) is 0 Å². The van der Waals surface area contributed by atoms with Crippen LogP contribution in [0.3, 0.4) is 0 Å². The molecule has 0 bridgehead atoms. The van der Waals surface area contributed by atoms with Gasteiger partial charge >= 0.3 is 13.1 Å². The topological polar surface area (TPSA) is 108 Å². The number of esters is 1. The Hall–Kier alpha value is -2.46. The lowest BCUT2D eigenvalue weighted by Gasteiger charge is -2.32. The molecular weight excluding hydrogens is 430 g/mol. The minimum Gasteiger partial charge on any atom is -0.460 e. The highest BCUT2D eigenvalue weighted by molar-refractivity contribution is 6.62. The van der Waals surface area contributed by atoms with Crippen LogP contribution in [0.4, 0.5) is 4.39 Å². The van der Waals surface area contributed by atoms with Crippen molar-refractivity contribution in [1.82, 2.24) is 4.90 Å². The smallest absolute Gasteiger partial charge is 0.460 e. The van der Waals surface area contributed by atoms with E-state index in [2.05, 4.69) is 0 Å². The average Bonchev–Trinajstić information content (AvgIpc) is 3.05. The van der Waals surface area contributed by atoms with Gasteiger partial charge in [0.15, 0.2) is 0 Å². The first kappa shape index (κ1) is 25.2. The minimum absolute atomic E-state index is 0.0105. The molecule has 2 heterocycles. The van der Waals surface area contributed by atoms with Crippen molar-refractivity contribution in [2.24, 2.45) is 5.73 Å². The summed E-state index contributed by atoms with van der Waals surface area (Å²) in [5.41, 5.74) is 4.46. The van der Waals surface area contributed by atoms with Crippen molar-refractivity contribution < 1.29 is 32.8 Å². The van der Waals surface area contributed by atoms with Gasteiger partial charge in [-0.05, 0) is 66.5 Å². The standard InChI is InChI=1S/C23H32BFN2O6/c1-21(2,3)31-18(28)9-8-17(19(26)29)27-12-13-10-15(16(25)11-14(13)20(27)30)24-32-22(4,5)23(6,7)33-24/h10-11,17H,8-9,12H2,1-7H3,(H2,26,29)/t17-/m0/s1. The van der Waals surface area contributed by atoms with E-state index in [0.717, 1.165) is 6.07 Å². The maximum Gasteiger partial charge on any atom is 0.497 e. The number of primary amides is 1. The van der Waals surface area contributed by atoms with Crippen molar-refractivity contribution in [3.05, 3.63) is 29.1 Å². The lowest BCUT2D eigenvalue weighted by molar-refractivity contribution is -0.155. The fraction of sp³-hybridized carbons (Fsp3) is 0.609. The number of nitrogens with zero attached hydrogens (tertiary/aromatic N) is 1. The quantitative estimate of drug-likeness (QED) is 0.512. The van der Waals surface area contributed by atoms with Gasteiger partial charge in [0.25, 0.3) is 5.91 Å². The van der Waals surface area contributed by atoms with E-state index in [9.17, 15) is 18.8 Å². The molecule has 0 saturated carbocycles. The molecule has 10 heteroatoms. The molecule has 0 spiro atoms. The molecule has 0 radical (unpaired) electrons. The van der Waals surface area contributed by atoms with Gasteiger partial charge in [-0.3, -0.25) is 14.4 Å². The Morgan fingerprint density at radius 3 is 2.30 bits per heavy atom. The molecule has 2 N–H and O–H groups in total. The van der Waals surface area contributed by atoms with Crippen molar-refractivity contribution in [2.75, 3.05) is 0 Å². The van der Waals surface area contributed by atoms with E-state index in [0.29, 0.717) is 5.56 Å². The normalized spacial score (nSPS) is 20.1. The number of hydrogen-bond acceptors (Lipinski definition) is 6. The largest absolute Gasteiger partial charge is 0.497 e. The summed E-state index contributed by atoms with van der Waals surface area (Å²) in [4.78, 5) is 38.5. The third-order valence-electron chi connectivity index (χ3n) is 6.31. The maximum atomic E-state index is 15.0. The number of rotatable bonds is 6. The predicted molar refractivity (Wildman–Crippen MR) is 120 cm³/mol. The highest BCUT2D eigenvalue weighted by atomic mass is 19.1. The third-order valence-corrected chi connectivity index (χ3v) is 6.31. The van der Waals surface area contributed by atoms with Crippen LogP contribution >= 0.6 is 0 Å². The van der Waals surface area contributed by atoms with E-state index in [1.165, 1.54) is 11.0 Å². The zero-order valence-electron chi connectivity index (χ0n) is 20.3. The molecule has 180 valence electrons. The minimum atomic E-state index is -1.03. The summed E-state index contributed by atoms with van der Waals surface area (Å²) in [7, 11) is -0.927. The average molecular weight is 462 g/mol. The Bertz CT molecular complexity index is 972. The molecule has 1 atom stereocenters. The predicted octanol–water partition coefficient (Wildman–Crippen LogP) is 2.06. The summed E-state index contributed by atoms with van der Waals surface area (Å²) < 4.78 is 32.2. The van der Waals surface area contributed by atoms with Gasteiger partial charge in [0.05, 0.1) is 11.2 Å². The van der Waals surface area contributed by atoms with Crippen molar-refractivity contribution in [3.63, 3.8) is 0 Å². The maximum absolute atomic E-state index is 15.0. The van der Waals surface area contributed by atoms with Crippen LogP contribution < -0.4 is 11.2 Å². The molecule has 1 fully saturated rings. The van der Waals surface area contributed by atoms with E-state index >= 15 is 0 Å². The van der Waals surface area contributed by atoms with E-state index in [-0.39, 0.29) is 30.4 Å². The summed E-state index contributed by atoms with van der Waals surface area (Å²) in [5, 5.41) is 0. The van der Waals surface area contributed by atoms with E-state index in [1.54, 1.807) is 20.8 Å². The molecule has 2 aliphatic rings. The fourth-order valence-corrected chi connectivity index (χ4v) is 3.88. The van der Waals surface area contributed by atoms with Crippen LogP contribution in [0, 0.1) is 5.82 Å². The first-order valence-electron chi connectivity index (χ1n) is 11.0. The molecule has 0 unspecified atom stereocenters. The molecule has 1 saturated heterocycles. The first-order chi connectivity index (χ1) is 15.0. The molecule has 2 aliphatic heterocycles. The monoisotopic (exact) mass is 462 g/mol. The zero-order valence-corrected chi connectivity index (χ0v) is 20.3. The van der Waals surface area contributed by atoms with Crippen molar-refractivity contribution in [2.45, 2.75) is 90.7 Å². The SMILES string of the molecule is CC(C)(C)OC(=O)CC[C@@H](C(N)=O)N1Cc2cc(B3OC(C)(C)C(C)(C)O3)c(F)cc2C1=O. The number of halogens is 1. The number of carbonyl (C=O) groups excluding carboxylic acids is 3. The zero-order chi connectivity index (χ0) is 24.9. The summed E-state index contributed by atoms with van der Waals surface area (Å²) in [5.74, 6) is -2.39. The number of nitrogens with two attached hydrogens (primary N) is 1. The Morgan fingerprint density at radius 2 is 1.79 bits per heavy atom. The van der Waals surface area contributed by atoms with Gasteiger partial charge in [-0.1, -0.05) is 6.07 Å². The van der Waals surface area contributed by atoms with E-state index in [4.69, 9.17) is 19.8 Å². The molecule has 8 nitrogen and oxygen atoms in total. The molecule has 0 aromatic heterocycles. The Morgan fingerprint density at radius 1 is 1.21 bits per heavy atom. The summed E-state index contributed by atoms with van der Waals surface area (Å²) in [6.07, 6.45) is -0.0743.